The number of carbonyl (C=O) groups is 2. The van der Waals surface area contributed by atoms with Gasteiger partial charge in [-0.3, -0.25) is 4.79 Å². The highest BCUT2D eigenvalue weighted by atomic mass is 35.5. The van der Waals surface area contributed by atoms with Gasteiger partial charge in [0, 0.05) is 11.1 Å². The number of aromatic nitrogens is 1. The van der Waals surface area contributed by atoms with Crippen LogP contribution in [0.2, 0.25) is 10.0 Å². The van der Waals surface area contributed by atoms with Gasteiger partial charge < -0.3 is 14.6 Å². The molecule has 2 aromatic rings. The molecule has 0 aliphatic carbocycles. The first-order chi connectivity index (χ1) is 10.4. The second-order valence-electron chi connectivity index (χ2n) is 4.48. The molecule has 0 bridgehead atoms. The number of nitrogens with zero attached hydrogens (tertiary/aromatic N) is 1. The Morgan fingerprint density at radius 1 is 1.32 bits per heavy atom. The molecule has 1 aromatic heterocycles. The number of rotatable bonds is 4. The predicted octanol–water partition coefficient (Wildman–Crippen LogP) is 3.47. The molecule has 116 valence electrons. The van der Waals surface area contributed by atoms with Gasteiger partial charge in [0.15, 0.2) is 11.9 Å². The first-order valence-corrected chi connectivity index (χ1v) is 7.02. The molecule has 1 unspecified atom stereocenters. The number of carbonyl (C=O) groups excluding carboxylic acids is 2. The third kappa shape index (κ3) is 3.99. The van der Waals surface area contributed by atoms with Gasteiger partial charge in [0.2, 0.25) is 0 Å². The lowest BCUT2D eigenvalue weighted by molar-refractivity contribution is -0.123. The standard InChI is InChI=1S/C14H12Cl2N2O4/c1-7-5-12(18-22-7)17-13(19)8(2)21-14(20)10-6-9(15)3-4-11(10)16/h3-6,8H,1-2H3,(H,17,18,19). The number of amides is 1. The minimum atomic E-state index is -1.04. The van der Waals surface area contributed by atoms with Gasteiger partial charge in [-0.05, 0) is 32.0 Å². The van der Waals surface area contributed by atoms with Crippen molar-refractivity contribution in [1.29, 1.82) is 0 Å². The summed E-state index contributed by atoms with van der Waals surface area (Å²) in [6, 6.07) is 5.94. The summed E-state index contributed by atoms with van der Waals surface area (Å²) in [6.07, 6.45) is -1.04. The zero-order valence-corrected chi connectivity index (χ0v) is 13.2. The molecule has 1 aromatic carbocycles. The van der Waals surface area contributed by atoms with Gasteiger partial charge >= 0.3 is 5.97 Å². The van der Waals surface area contributed by atoms with Crippen molar-refractivity contribution in [3.8, 4) is 0 Å². The molecule has 1 N–H and O–H groups in total. The van der Waals surface area contributed by atoms with Gasteiger partial charge in [-0.25, -0.2) is 4.79 Å². The Hall–Kier alpha value is -2.05. The average molecular weight is 343 g/mol. The normalized spacial score (nSPS) is 11.8. The van der Waals surface area contributed by atoms with Crippen molar-refractivity contribution >= 4 is 40.9 Å². The van der Waals surface area contributed by atoms with Gasteiger partial charge in [-0.1, -0.05) is 28.4 Å². The minimum absolute atomic E-state index is 0.0890. The average Bonchev–Trinajstić information content (AvgIpc) is 2.86. The number of aryl methyl sites for hydroxylation is 1. The molecule has 0 saturated carbocycles. The lowest BCUT2D eigenvalue weighted by Gasteiger charge is -2.13. The highest BCUT2D eigenvalue weighted by Crippen LogP contribution is 2.22. The van der Waals surface area contributed by atoms with Gasteiger partial charge in [0.1, 0.15) is 5.76 Å². The quantitative estimate of drug-likeness (QED) is 0.860. The number of hydrogen-bond donors (Lipinski definition) is 1. The third-order valence-electron chi connectivity index (χ3n) is 2.68. The zero-order chi connectivity index (χ0) is 16.3. The molecule has 1 amide bonds. The zero-order valence-electron chi connectivity index (χ0n) is 11.7. The molecule has 0 radical (unpaired) electrons. The van der Waals surface area contributed by atoms with Crippen molar-refractivity contribution in [1.82, 2.24) is 5.16 Å². The Morgan fingerprint density at radius 3 is 2.68 bits per heavy atom. The van der Waals surface area contributed by atoms with Gasteiger partial charge in [-0.2, -0.15) is 0 Å². The summed E-state index contributed by atoms with van der Waals surface area (Å²) < 4.78 is 9.88. The van der Waals surface area contributed by atoms with Crippen LogP contribution in [0.5, 0.6) is 0 Å². The summed E-state index contributed by atoms with van der Waals surface area (Å²) in [6.45, 7) is 3.12. The van der Waals surface area contributed by atoms with Crippen LogP contribution in [0.1, 0.15) is 23.0 Å². The van der Waals surface area contributed by atoms with Crippen molar-refractivity contribution < 1.29 is 18.8 Å². The molecule has 1 atom stereocenters. The molecule has 0 aliphatic rings. The first-order valence-electron chi connectivity index (χ1n) is 6.27. The van der Waals surface area contributed by atoms with E-state index in [0.29, 0.717) is 10.8 Å². The minimum Gasteiger partial charge on any atom is -0.449 e. The van der Waals surface area contributed by atoms with Crippen LogP contribution in [0.25, 0.3) is 0 Å². The van der Waals surface area contributed by atoms with E-state index in [1.54, 1.807) is 19.1 Å². The van der Waals surface area contributed by atoms with Crippen molar-refractivity contribution in [2.75, 3.05) is 5.32 Å². The molecule has 2 rings (SSSR count). The number of esters is 1. The molecule has 22 heavy (non-hydrogen) atoms. The van der Waals surface area contributed by atoms with Crippen LogP contribution in [0.15, 0.2) is 28.8 Å². The monoisotopic (exact) mass is 342 g/mol. The summed E-state index contributed by atoms with van der Waals surface area (Å²) in [7, 11) is 0. The summed E-state index contributed by atoms with van der Waals surface area (Å²) >= 11 is 11.7. The highest BCUT2D eigenvalue weighted by Gasteiger charge is 2.21. The van der Waals surface area contributed by atoms with E-state index < -0.39 is 18.0 Å². The van der Waals surface area contributed by atoms with E-state index in [0.717, 1.165) is 0 Å². The molecule has 8 heteroatoms. The molecular weight excluding hydrogens is 331 g/mol. The summed E-state index contributed by atoms with van der Waals surface area (Å²) in [5.74, 6) is -0.497. The maximum atomic E-state index is 12.0. The van der Waals surface area contributed by atoms with Crippen LogP contribution < -0.4 is 5.32 Å². The van der Waals surface area contributed by atoms with E-state index >= 15 is 0 Å². The lowest BCUT2D eigenvalue weighted by atomic mass is 10.2. The topological polar surface area (TPSA) is 81.4 Å². The van der Waals surface area contributed by atoms with E-state index in [1.807, 2.05) is 0 Å². The fourth-order valence-corrected chi connectivity index (χ4v) is 1.95. The van der Waals surface area contributed by atoms with Crippen molar-refractivity contribution in [2.45, 2.75) is 20.0 Å². The molecule has 1 heterocycles. The van der Waals surface area contributed by atoms with Crippen molar-refractivity contribution in [3.05, 3.63) is 45.6 Å². The summed E-state index contributed by atoms with van der Waals surface area (Å²) in [4.78, 5) is 23.9. The summed E-state index contributed by atoms with van der Waals surface area (Å²) in [5, 5.41) is 6.61. The molecular formula is C14H12Cl2N2O4. The molecule has 6 nitrogen and oxygen atoms in total. The fourth-order valence-electron chi connectivity index (χ4n) is 1.58. The Morgan fingerprint density at radius 2 is 2.05 bits per heavy atom. The summed E-state index contributed by atoms with van der Waals surface area (Å²) in [5.41, 5.74) is 0.0890. The van der Waals surface area contributed by atoms with E-state index in [1.165, 1.54) is 19.1 Å². The molecule has 0 spiro atoms. The van der Waals surface area contributed by atoms with Crippen LogP contribution >= 0.6 is 23.2 Å². The SMILES string of the molecule is Cc1cc(NC(=O)C(C)OC(=O)c2cc(Cl)ccc2Cl)no1. The van der Waals surface area contributed by atoms with E-state index in [9.17, 15) is 9.59 Å². The van der Waals surface area contributed by atoms with Gasteiger partial charge in [0.25, 0.3) is 5.91 Å². The maximum absolute atomic E-state index is 12.0. The number of hydrogen-bond acceptors (Lipinski definition) is 5. The predicted molar refractivity (Wildman–Crippen MR) is 81.2 cm³/mol. The van der Waals surface area contributed by atoms with Crippen LogP contribution in [0.3, 0.4) is 0 Å². The van der Waals surface area contributed by atoms with Crippen LogP contribution in [0.4, 0.5) is 5.82 Å². The highest BCUT2D eigenvalue weighted by molar-refractivity contribution is 6.35. The first kappa shape index (κ1) is 16.3. The van der Waals surface area contributed by atoms with Gasteiger partial charge in [-0.15, -0.1) is 0 Å². The lowest BCUT2D eigenvalue weighted by Crippen LogP contribution is -2.30. The Balaban J connectivity index is 2.01. The smallest absolute Gasteiger partial charge is 0.340 e. The number of anilines is 1. The Kier molecular flexibility index (Phi) is 5.05. The van der Waals surface area contributed by atoms with Crippen LogP contribution in [0, 0.1) is 6.92 Å². The number of halogens is 2. The largest absolute Gasteiger partial charge is 0.449 e. The second-order valence-corrected chi connectivity index (χ2v) is 5.33. The van der Waals surface area contributed by atoms with Crippen LogP contribution in [-0.2, 0) is 9.53 Å². The van der Waals surface area contributed by atoms with E-state index in [2.05, 4.69) is 10.5 Å². The third-order valence-corrected chi connectivity index (χ3v) is 3.25. The fraction of sp³-hybridized carbons (Fsp3) is 0.214. The van der Waals surface area contributed by atoms with E-state index in [-0.39, 0.29) is 16.4 Å². The molecule has 0 saturated heterocycles. The van der Waals surface area contributed by atoms with E-state index in [4.69, 9.17) is 32.5 Å². The number of benzene rings is 1. The Bertz CT molecular complexity index is 715. The Labute approximate surface area is 136 Å². The van der Waals surface area contributed by atoms with Crippen LogP contribution in [-0.4, -0.2) is 23.1 Å². The second kappa shape index (κ2) is 6.81. The number of ether oxygens (including phenoxy) is 1. The maximum Gasteiger partial charge on any atom is 0.340 e. The molecule has 0 aliphatic heterocycles. The van der Waals surface area contributed by atoms with Crippen molar-refractivity contribution in [3.63, 3.8) is 0 Å². The molecule has 0 fully saturated rings. The van der Waals surface area contributed by atoms with Gasteiger partial charge in [0.05, 0.1) is 10.6 Å². The van der Waals surface area contributed by atoms with Crippen molar-refractivity contribution in [2.24, 2.45) is 0 Å². The number of nitrogens with one attached hydrogen (secondary N) is 1.